The maximum absolute atomic E-state index is 12.9. The molecule has 1 aromatic rings. The zero-order valence-corrected chi connectivity index (χ0v) is 9.55. The number of hydrazine groups is 1. The van der Waals surface area contributed by atoms with Crippen molar-refractivity contribution in [2.24, 2.45) is 5.84 Å². The summed E-state index contributed by atoms with van der Waals surface area (Å²) < 4.78 is 30.8. The van der Waals surface area contributed by atoms with Crippen molar-refractivity contribution in [3.63, 3.8) is 0 Å². The first-order valence-electron chi connectivity index (χ1n) is 4.78. The number of aromatic nitrogens is 1. The molecule has 1 rings (SSSR count). The van der Waals surface area contributed by atoms with Gasteiger partial charge < -0.3 is 10.2 Å². The zero-order valence-electron chi connectivity index (χ0n) is 9.55. The summed E-state index contributed by atoms with van der Waals surface area (Å²) in [7, 11) is 0. The second-order valence-electron chi connectivity index (χ2n) is 3.35. The van der Waals surface area contributed by atoms with Crippen LogP contribution >= 0.6 is 0 Å². The minimum absolute atomic E-state index is 0.0623. The molecule has 0 aliphatic heterocycles. The molecular weight excluding hydrogens is 228 g/mol. The van der Waals surface area contributed by atoms with Gasteiger partial charge >= 0.3 is 0 Å². The van der Waals surface area contributed by atoms with E-state index < -0.39 is 17.4 Å². The number of nitrogens with zero attached hydrogens (tertiary/aromatic N) is 1. The van der Waals surface area contributed by atoms with Gasteiger partial charge in [0.2, 0.25) is 5.88 Å². The molecule has 6 heteroatoms. The highest BCUT2D eigenvalue weighted by atomic mass is 19.1. The monoisotopic (exact) mass is 241 g/mol. The number of nitrogen functional groups attached to an aromatic ring is 1. The van der Waals surface area contributed by atoms with Crippen LogP contribution in [0.2, 0.25) is 0 Å². The SMILES string of the molecule is C=C(F)/C(Oc1cc(C)c(NN)cn1)=C(\C)F. The Balaban J connectivity index is 3.00. The van der Waals surface area contributed by atoms with E-state index in [4.69, 9.17) is 10.6 Å². The molecule has 3 N–H and O–H groups in total. The average molecular weight is 241 g/mol. The lowest BCUT2D eigenvalue weighted by Gasteiger charge is -2.09. The van der Waals surface area contributed by atoms with Crippen molar-refractivity contribution in [2.75, 3.05) is 5.43 Å². The molecule has 0 saturated carbocycles. The normalized spacial score (nSPS) is 11.8. The van der Waals surface area contributed by atoms with Gasteiger partial charge in [0.1, 0.15) is 5.83 Å². The highest BCUT2D eigenvalue weighted by Gasteiger charge is 2.11. The molecule has 0 atom stereocenters. The van der Waals surface area contributed by atoms with Crippen LogP contribution in [-0.2, 0) is 0 Å². The van der Waals surface area contributed by atoms with Crippen molar-refractivity contribution in [3.05, 3.63) is 41.8 Å². The van der Waals surface area contributed by atoms with E-state index in [1.165, 1.54) is 12.3 Å². The van der Waals surface area contributed by atoms with E-state index in [1.807, 2.05) is 0 Å². The fraction of sp³-hybridized carbons (Fsp3) is 0.182. The third-order valence-corrected chi connectivity index (χ3v) is 2.01. The fourth-order valence-corrected chi connectivity index (χ4v) is 1.15. The van der Waals surface area contributed by atoms with Gasteiger partial charge in [0.25, 0.3) is 0 Å². The Labute approximate surface area is 97.8 Å². The number of anilines is 1. The van der Waals surface area contributed by atoms with E-state index >= 15 is 0 Å². The molecule has 0 saturated heterocycles. The molecule has 0 bridgehead atoms. The molecular formula is C11H13F2N3O. The van der Waals surface area contributed by atoms with Crippen LogP contribution in [0, 0.1) is 6.92 Å². The minimum Gasteiger partial charge on any atom is -0.433 e. The second kappa shape index (κ2) is 5.40. The van der Waals surface area contributed by atoms with Crippen LogP contribution in [0.3, 0.4) is 0 Å². The number of ether oxygens (including phenoxy) is 1. The number of aryl methyl sites for hydroxylation is 1. The molecule has 0 aliphatic rings. The molecule has 0 amide bonds. The predicted molar refractivity (Wildman–Crippen MR) is 61.5 cm³/mol. The summed E-state index contributed by atoms with van der Waals surface area (Å²) in [6, 6.07) is 1.50. The third kappa shape index (κ3) is 3.25. The molecule has 0 unspecified atom stereocenters. The van der Waals surface area contributed by atoms with Gasteiger partial charge in [-0.25, -0.2) is 13.8 Å². The maximum Gasteiger partial charge on any atom is 0.219 e. The Kier molecular flexibility index (Phi) is 4.17. The van der Waals surface area contributed by atoms with E-state index in [0.717, 1.165) is 12.5 Å². The van der Waals surface area contributed by atoms with Crippen LogP contribution < -0.4 is 16.0 Å². The van der Waals surface area contributed by atoms with Crippen LogP contribution in [-0.4, -0.2) is 4.98 Å². The van der Waals surface area contributed by atoms with Crippen LogP contribution in [0.5, 0.6) is 5.88 Å². The first kappa shape index (κ1) is 13.1. The van der Waals surface area contributed by atoms with E-state index in [9.17, 15) is 8.78 Å². The number of halogens is 2. The van der Waals surface area contributed by atoms with Crippen LogP contribution in [0.15, 0.2) is 36.3 Å². The summed E-state index contributed by atoms with van der Waals surface area (Å²) in [5.41, 5.74) is 3.76. The van der Waals surface area contributed by atoms with Crippen molar-refractivity contribution < 1.29 is 13.5 Å². The highest BCUT2D eigenvalue weighted by Crippen LogP contribution is 2.23. The summed E-state index contributed by atoms with van der Waals surface area (Å²) >= 11 is 0. The van der Waals surface area contributed by atoms with E-state index in [1.54, 1.807) is 6.92 Å². The molecule has 17 heavy (non-hydrogen) atoms. The topological polar surface area (TPSA) is 60.2 Å². The summed E-state index contributed by atoms with van der Waals surface area (Å²) in [5.74, 6) is 2.92. The summed E-state index contributed by atoms with van der Waals surface area (Å²) in [5, 5.41) is 0. The van der Waals surface area contributed by atoms with E-state index in [2.05, 4.69) is 17.0 Å². The Bertz CT molecular complexity index is 468. The number of hydrogen-bond donors (Lipinski definition) is 2. The number of pyridine rings is 1. The summed E-state index contributed by atoms with van der Waals surface area (Å²) in [6.45, 7) is 5.80. The first-order chi connectivity index (χ1) is 7.95. The Hall–Kier alpha value is -1.95. The van der Waals surface area contributed by atoms with Gasteiger partial charge in [-0.05, 0) is 19.4 Å². The third-order valence-electron chi connectivity index (χ3n) is 2.01. The summed E-state index contributed by atoms with van der Waals surface area (Å²) in [4.78, 5) is 3.84. The van der Waals surface area contributed by atoms with Crippen molar-refractivity contribution in [3.8, 4) is 5.88 Å². The Morgan fingerprint density at radius 3 is 2.59 bits per heavy atom. The summed E-state index contributed by atoms with van der Waals surface area (Å²) in [6.07, 6.45) is 1.40. The molecule has 0 spiro atoms. The molecule has 4 nitrogen and oxygen atoms in total. The van der Waals surface area contributed by atoms with E-state index in [-0.39, 0.29) is 5.88 Å². The lowest BCUT2D eigenvalue weighted by molar-refractivity contribution is 0.366. The fourth-order valence-electron chi connectivity index (χ4n) is 1.15. The quantitative estimate of drug-likeness (QED) is 0.368. The van der Waals surface area contributed by atoms with Crippen LogP contribution in [0.1, 0.15) is 12.5 Å². The number of allylic oxidation sites excluding steroid dienone is 2. The standard InChI is InChI=1S/C11H13F2N3O/c1-6-4-10(15-5-9(6)16-14)17-11(7(2)12)8(3)13/h4-5,16H,2,14H2,1,3H3/b11-8-. The molecule has 0 aromatic carbocycles. The van der Waals surface area contributed by atoms with Gasteiger partial charge in [0, 0.05) is 6.07 Å². The second-order valence-corrected chi connectivity index (χ2v) is 3.35. The van der Waals surface area contributed by atoms with Crippen LogP contribution in [0.25, 0.3) is 0 Å². The van der Waals surface area contributed by atoms with Crippen molar-refractivity contribution in [1.29, 1.82) is 0 Å². The van der Waals surface area contributed by atoms with Gasteiger partial charge in [-0.15, -0.1) is 0 Å². The number of nitrogens with one attached hydrogen (secondary N) is 1. The van der Waals surface area contributed by atoms with Gasteiger partial charge in [0.15, 0.2) is 11.6 Å². The molecule has 0 aliphatic carbocycles. The number of hydrogen-bond acceptors (Lipinski definition) is 4. The Morgan fingerprint density at radius 2 is 2.18 bits per heavy atom. The smallest absolute Gasteiger partial charge is 0.219 e. The largest absolute Gasteiger partial charge is 0.433 e. The predicted octanol–water partition coefficient (Wildman–Crippen LogP) is 2.74. The number of rotatable bonds is 4. The molecule has 1 aromatic heterocycles. The Morgan fingerprint density at radius 1 is 1.53 bits per heavy atom. The van der Waals surface area contributed by atoms with Crippen molar-refractivity contribution in [1.82, 2.24) is 4.98 Å². The van der Waals surface area contributed by atoms with Gasteiger partial charge in [0.05, 0.1) is 11.9 Å². The zero-order chi connectivity index (χ0) is 13.0. The van der Waals surface area contributed by atoms with Gasteiger partial charge in [-0.1, -0.05) is 6.58 Å². The first-order valence-corrected chi connectivity index (χ1v) is 4.78. The lowest BCUT2D eigenvalue weighted by Crippen LogP contribution is -2.09. The maximum atomic E-state index is 12.9. The van der Waals surface area contributed by atoms with Crippen molar-refractivity contribution in [2.45, 2.75) is 13.8 Å². The molecule has 92 valence electrons. The van der Waals surface area contributed by atoms with Gasteiger partial charge in [-0.3, -0.25) is 5.84 Å². The molecule has 0 fully saturated rings. The minimum atomic E-state index is -0.995. The average Bonchev–Trinajstić information content (AvgIpc) is 2.25. The van der Waals surface area contributed by atoms with E-state index in [0.29, 0.717) is 5.69 Å². The van der Waals surface area contributed by atoms with Gasteiger partial charge in [-0.2, -0.15) is 0 Å². The molecule has 0 radical (unpaired) electrons. The highest BCUT2D eigenvalue weighted by molar-refractivity contribution is 5.49. The lowest BCUT2D eigenvalue weighted by atomic mass is 10.2. The van der Waals surface area contributed by atoms with Crippen LogP contribution in [0.4, 0.5) is 14.5 Å². The molecule has 1 heterocycles. The number of nitrogens with two attached hydrogens (primary N) is 1. The van der Waals surface area contributed by atoms with Crippen molar-refractivity contribution >= 4 is 5.69 Å².